The van der Waals surface area contributed by atoms with Crippen LogP contribution in [0.25, 0.3) is 10.9 Å². The number of halogens is 1. The highest BCUT2D eigenvalue weighted by Gasteiger charge is 2.10. The number of rotatable bonds is 4. The zero-order valence-corrected chi connectivity index (χ0v) is 13.2. The first-order valence-corrected chi connectivity index (χ1v) is 7.70. The number of benzene rings is 2. The molecule has 0 spiro atoms. The molecule has 24 heavy (non-hydrogen) atoms. The van der Waals surface area contributed by atoms with Crippen LogP contribution in [0.3, 0.4) is 0 Å². The zero-order chi connectivity index (χ0) is 17.1. The van der Waals surface area contributed by atoms with E-state index in [4.69, 9.17) is 0 Å². The van der Waals surface area contributed by atoms with E-state index in [0.717, 1.165) is 16.5 Å². The smallest absolute Gasteiger partial charge is 0.254 e. The molecule has 0 aliphatic heterocycles. The van der Waals surface area contributed by atoms with Crippen molar-refractivity contribution in [3.63, 3.8) is 0 Å². The van der Waals surface area contributed by atoms with Crippen molar-refractivity contribution in [1.29, 1.82) is 0 Å². The maximum absolute atomic E-state index is 13.6. The van der Waals surface area contributed by atoms with Gasteiger partial charge in [-0.05, 0) is 42.5 Å². The highest BCUT2D eigenvalue weighted by molar-refractivity contribution is 5.94. The van der Waals surface area contributed by atoms with Gasteiger partial charge in [-0.25, -0.2) is 4.39 Å². The SMILES string of the molecule is Cc1cccc2cc(CCNC(=O)c3ccccc3F)c(=O)[nH]c12. The molecular weight excluding hydrogens is 307 g/mol. The molecule has 1 aromatic heterocycles. The van der Waals surface area contributed by atoms with Gasteiger partial charge < -0.3 is 10.3 Å². The zero-order valence-electron chi connectivity index (χ0n) is 13.2. The van der Waals surface area contributed by atoms with E-state index in [9.17, 15) is 14.0 Å². The normalized spacial score (nSPS) is 10.8. The topological polar surface area (TPSA) is 62.0 Å². The molecule has 4 nitrogen and oxygen atoms in total. The summed E-state index contributed by atoms with van der Waals surface area (Å²) in [6, 6.07) is 13.4. The fraction of sp³-hybridized carbons (Fsp3) is 0.158. The number of fused-ring (bicyclic) bond motifs is 1. The molecule has 0 atom stereocenters. The molecule has 3 aromatic rings. The molecule has 0 saturated carbocycles. The van der Waals surface area contributed by atoms with Gasteiger partial charge in [-0.2, -0.15) is 0 Å². The lowest BCUT2D eigenvalue weighted by atomic mass is 10.1. The number of aryl methyl sites for hydroxylation is 1. The van der Waals surface area contributed by atoms with Crippen molar-refractivity contribution in [2.24, 2.45) is 0 Å². The van der Waals surface area contributed by atoms with Gasteiger partial charge >= 0.3 is 0 Å². The maximum atomic E-state index is 13.6. The minimum absolute atomic E-state index is 0.000505. The van der Waals surface area contributed by atoms with Gasteiger partial charge in [-0.15, -0.1) is 0 Å². The number of nitrogens with one attached hydrogen (secondary N) is 2. The Morgan fingerprint density at radius 3 is 2.75 bits per heavy atom. The summed E-state index contributed by atoms with van der Waals surface area (Å²) in [6.07, 6.45) is 0.374. The number of aromatic amines is 1. The second kappa shape index (κ2) is 6.66. The summed E-state index contributed by atoms with van der Waals surface area (Å²) in [5.74, 6) is -1.05. The molecular formula is C19H17FN2O2. The number of para-hydroxylation sites is 1. The Balaban J connectivity index is 1.72. The van der Waals surface area contributed by atoms with E-state index in [1.54, 1.807) is 6.07 Å². The van der Waals surface area contributed by atoms with Crippen LogP contribution in [0.1, 0.15) is 21.5 Å². The number of carbonyl (C=O) groups is 1. The Morgan fingerprint density at radius 2 is 1.96 bits per heavy atom. The van der Waals surface area contributed by atoms with E-state index in [2.05, 4.69) is 10.3 Å². The summed E-state index contributed by atoms with van der Waals surface area (Å²) in [7, 11) is 0. The predicted octanol–water partition coefficient (Wildman–Crippen LogP) is 2.95. The third kappa shape index (κ3) is 3.20. The number of amides is 1. The molecule has 0 aliphatic carbocycles. The maximum Gasteiger partial charge on any atom is 0.254 e. The van der Waals surface area contributed by atoms with Gasteiger partial charge in [-0.3, -0.25) is 9.59 Å². The molecule has 3 rings (SSSR count). The second-order valence-electron chi connectivity index (χ2n) is 5.65. The minimum Gasteiger partial charge on any atom is -0.352 e. The summed E-state index contributed by atoms with van der Waals surface area (Å²) in [5.41, 5.74) is 2.24. The van der Waals surface area contributed by atoms with Gasteiger partial charge in [0.1, 0.15) is 5.82 Å². The van der Waals surface area contributed by atoms with E-state index in [1.165, 1.54) is 18.2 Å². The molecule has 0 aliphatic rings. The number of H-pyrrole nitrogens is 1. The van der Waals surface area contributed by atoms with E-state index < -0.39 is 11.7 Å². The van der Waals surface area contributed by atoms with Gasteiger partial charge in [0.05, 0.1) is 11.1 Å². The van der Waals surface area contributed by atoms with Gasteiger partial charge in [-0.1, -0.05) is 30.3 Å². The summed E-state index contributed by atoms with van der Waals surface area (Å²) < 4.78 is 13.6. The fourth-order valence-electron chi connectivity index (χ4n) is 2.67. The quantitative estimate of drug-likeness (QED) is 0.775. The Labute approximate surface area is 138 Å². The van der Waals surface area contributed by atoms with Crippen LogP contribution in [0.4, 0.5) is 4.39 Å². The van der Waals surface area contributed by atoms with Gasteiger partial charge in [0.15, 0.2) is 0 Å². The number of pyridine rings is 1. The van der Waals surface area contributed by atoms with Crippen LogP contribution in [0.5, 0.6) is 0 Å². The van der Waals surface area contributed by atoms with Crippen LogP contribution in [0.15, 0.2) is 53.3 Å². The van der Waals surface area contributed by atoms with Crippen LogP contribution >= 0.6 is 0 Å². The molecule has 0 fully saturated rings. The fourth-order valence-corrected chi connectivity index (χ4v) is 2.67. The number of hydrogen-bond donors (Lipinski definition) is 2. The monoisotopic (exact) mass is 324 g/mol. The van der Waals surface area contributed by atoms with Crippen LogP contribution in [0, 0.1) is 12.7 Å². The first-order chi connectivity index (χ1) is 11.6. The van der Waals surface area contributed by atoms with Crippen molar-refractivity contribution in [1.82, 2.24) is 10.3 Å². The Morgan fingerprint density at radius 1 is 1.17 bits per heavy atom. The molecule has 2 aromatic carbocycles. The first-order valence-electron chi connectivity index (χ1n) is 7.70. The molecule has 122 valence electrons. The Hall–Kier alpha value is -2.95. The summed E-state index contributed by atoms with van der Waals surface area (Å²) in [6.45, 7) is 2.19. The largest absolute Gasteiger partial charge is 0.352 e. The third-order valence-electron chi connectivity index (χ3n) is 3.96. The van der Waals surface area contributed by atoms with Crippen molar-refractivity contribution in [3.8, 4) is 0 Å². The van der Waals surface area contributed by atoms with E-state index in [0.29, 0.717) is 12.0 Å². The Bertz CT molecular complexity index is 963. The lowest BCUT2D eigenvalue weighted by molar-refractivity contribution is 0.0950. The molecule has 2 N–H and O–H groups in total. The summed E-state index contributed by atoms with van der Waals surface area (Å²) >= 11 is 0. The summed E-state index contributed by atoms with van der Waals surface area (Å²) in [5, 5.41) is 3.59. The molecule has 0 bridgehead atoms. The molecule has 1 heterocycles. The standard InChI is InChI=1S/C19H17FN2O2/c1-12-5-4-6-13-11-14(18(23)22-17(12)13)9-10-21-19(24)15-7-2-3-8-16(15)20/h2-8,11H,9-10H2,1H3,(H,21,24)(H,22,23). The Kier molecular flexibility index (Phi) is 4.42. The third-order valence-corrected chi connectivity index (χ3v) is 3.96. The van der Waals surface area contributed by atoms with E-state index in [-0.39, 0.29) is 17.7 Å². The number of carbonyl (C=O) groups excluding carboxylic acids is 1. The van der Waals surface area contributed by atoms with Crippen LogP contribution < -0.4 is 10.9 Å². The molecule has 5 heteroatoms. The van der Waals surface area contributed by atoms with Gasteiger partial charge in [0.2, 0.25) is 0 Å². The van der Waals surface area contributed by atoms with Gasteiger partial charge in [0.25, 0.3) is 11.5 Å². The highest BCUT2D eigenvalue weighted by Crippen LogP contribution is 2.15. The van der Waals surface area contributed by atoms with Crippen molar-refractivity contribution in [2.45, 2.75) is 13.3 Å². The number of aromatic nitrogens is 1. The number of hydrogen-bond acceptors (Lipinski definition) is 2. The van der Waals surface area contributed by atoms with Crippen molar-refractivity contribution in [3.05, 3.63) is 81.4 Å². The molecule has 0 saturated heterocycles. The lowest BCUT2D eigenvalue weighted by Crippen LogP contribution is -2.28. The van der Waals surface area contributed by atoms with Crippen molar-refractivity contribution >= 4 is 16.8 Å². The summed E-state index contributed by atoms with van der Waals surface area (Å²) in [4.78, 5) is 27.0. The van der Waals surface area contributed by atoms with E-state index in [1.807, 2.05) is 31.2 Å². The minimum atomic E-state index is -0.561. The highest BCUT2D eigenvalue weighted by atomic mass is 19.1. The van der Waals surface area contributed by atoms with Crippen molar-refractivity contribution < 1.29 is 9.18 Å². The van der Waals surface area contributed by atoms with Crippen LogP contribution in [-0.2, 0) is 6.42 Å². The molecule has 1 amide bonds. The van der Waals surface area contributed by atoms with Crippen LogP contribution in [0.2, 0.25) is 0 Å². The lowest BCUT2D eigenvalue weighted by Gasteiger charge is -2.07. The van der Waals surface area contributed by atoms with Gasteiger partial charge in [0, 0.05) is 12.1 Å². The predicted molar refractivity (Wildman–Crippen MR) is 91.7 cm³/mol. The van der Waals surface area contributed by atoms with E-state index >= 15 is 0 Å². The first kappa shape index (κ1) is 15.9. The van der Waals surface area contributed by atoms with Crippen LogP contribution in [-0.4, -0.2) is 17.4 Å². The average molecular weight is 324 g/mol. The molecule has 0 radical (unpaired) electrons. The average Bonchev–Trinajstić information content (AvgIpc) is 2.56. The molecule has 0 unspecified atom stereocenters. The second-order valence-corrected chi connectivity index (χ2v) is 5.65. The van der Waals surface area contributed by atoms with Crippen molar-refractivity contribution in [2.75, 3.05) is 6.54 Å².